The first-order chi connectivity index (χ1) is 9.40. The number of nitrogens with zero attached hydrogens (tertiary/aromatic N) is 1. The molecule has 0 aliphatic rings. The van der Waals surface area contributed by atoms with Gasteiger partial charge in [0.25, 0.3) is 0 Å². The Kier molecular flexibility index (Phi) is 3.79. The largest absolute Gasteiger partial charge is 0.478 e. The molecule has 2 rings (SSSR count). The van der Waals surface area contributed by atoms with Crippen LogP contribution in [0.2, 0.25) is 0 Å². The summed E-state index contributed by atoms with van der Waals surface area (Å²) in [6, 6.07) is 11.5. The summed E-state index contributed by atoms with van der Waals surface area (Å²) >= 11 is 0. The van der Waals surface area contributed by atoms with Gasteiger partial charge in [0.2, 0.25) is 0 Å². The van der Waals surface area contributed by atoms with Crippen molar-refractivity contribution in [1.29, 1.82) is 0 Å². The third-order valence-electron chi connectivity index (χ3n) is 3.52. The summed E-state index contributed by atoms with van der Waals surface area (Å²) in [6.45, 7) is 6.09. The molecule has 0 unspecified atom stereocenters. The molecule has 20 heavy (non-hydrogen) atoms. The maximum absolute atomic E-state index is 11.0. The first-order valence-corrected chi connectivity index (χ1v) is 6.55. The van der Waals surface area contributed by atoms with E-state index in [0.29, 0.717) is 5.56 Å². The normalized spacial score (nSPS) is 10.4. The monoisotopic (exact) mass is 269 g/mol. The van der Waals surface area contributed by atoms with Crippen LogP contribution in [0.3, 0.4) is 0 Å². The van der Waals surface area contributed by atoms with E-state index >= 15 is 0 Å². The van der Waals surface area contributed by atoms with E-state index in [1.165, 1.54) is 11.1 Å². The number of benzene rings is 2. The predicted octanol–water partition coefficient (Wildman–Crippen LogP) is 4.08. The maximum atomic E-state index is 11.0. The molecule has 0 atom stereocenters. The predicted molar refractivity (Wildman–Crippen MR) is 82.1 cm³/mol. The highest BCUT2D eigenvalue weighted by Crippen LogP contribution is 2.30. The van der Waals surface area contributed by atoms with Crippen LogP contribution in [-0.2, 0) is 0 Å². The van der Waals surface area contributed by atoms with Crippen molar-refractivity contribution in [3.63, 3.8) is 0 Å². The van der Waals surface area contributed by atoms with Crippen molar-refractivity contribution in [3.8, 4) is 0 Å². The molecule has 0 aromatic heterocycles. The van der Waals surface area contributed by atoms with Crippen LogP contribution in [0.1, 0.15) is 27.0 Å². The average molecular weight is 269 g/mol. The van der Waals surface area contributed by atoms with Crippen LogP contribution >= 0.6 is 0 Å². The van der Waals surface area contributed by atoms with Gasteiger partial charge in [-0.25, -0.2) is 4.79 Å². The molecule has 0 spiro atoms. The minimum Gasteiger partial charge on any atom is -0.478 e. The van der Waals surface area contributed by atoms with Gasteiger partial charge in [-0.2, -0.15) is 0 Å². The first kappa shape index (κ1) is 14.1. The van der Waals surface area contributed by atoms with E-state index in [2.05, 4.69) is 36.9 Å². The van der Waals surface area contributed by atoms with Crippen molar-refractivity contribution < 1.29 is 9.90 Å². The Balaban J connectivity index is 2.43. The summed E-state index contributed by atoms with van der Waals surface area (Å²) in [7, 11) is 2.00. The van der Waals surface area contributed by atoms with Crippen molar-refractivity contribution in [1.82, 2.24) is 0 Å². The second kappa shape index (κ2) is 5.37. The van der Waals surface area contributed by atoms with Gasteiger partial charge in [-0.3, -0.25) is 0 Å². The zero-order valence-electron chi connectivity index (χ0n) is 12.3. The van der Waals surface area contributed by atoms with Crippen LogP contribution in [0, 0.1) is 20.8 Å². The van der Waals surface area contributed by atoms with Gasteiger partial charge in [0.05, 0.1) is 5.56 Å². The Bertz CT molecular complexity index is 662. The van der Waals surface area contributed by atoms with Crippen molar-refractivity contribution in [2.24, 2.45) is 0 Å². The van der Waals surface area contributed by atoms with E-state index in [9.17, 15) is 4.79 Å². The van der Waals surface area contributed by atoms with Gasteiger partial charge in [-0.05, 0) is 56.2 Å². The highest BCUT2D eigenvalue weighted by atomic mass is 16.4. The number of hydrogen-bond donors (Lipinski definition) is 1. The van der Waals surface area contributed by atoms with Gasteiger partial charge in [0.1, 0.15) is 0 Å². The maximum Gasteiger partial charge on any atom is 0.335 e. The number of carboxylic acids is 1. The highest BCUT2D eigenvalue weighted by Gasteiger charge is 2.11. The number of anilines is 2. The summed E-state index contributed by atoms with van der Waals surface area (Å²) in [5, 5.41) is 9.02. The number of rotatable bonds is 3. The van der Waals surface area contributed by atoms with E-state index in [-0.39, 0.29) is 0 Å². The molecule has 0 heterocycles. The molecule has 3 nitrogen and oxygen atoms in total. The van der Waals surface area contributed by atoms with Gasteiger partial charge in [0, 0.05) is 18.4 Å². The Morgan fingerprint density at radius 3 is 2.00 bits per heavy atom. The molecule has 0 aliphatic heterocycles. The zero-order valence-corrected chi connectivity index (χ0v) is 12.3. The second-order valence-electron chi connectivity index (χ2n) is 5.16. The fourth-order valence-electron chi connectivity index (χ4n) is 2.48. The standard InChI is InChI=1S/C17H19NO2/c1-11-5-7-15(12(2)9-11)18(4)16-8-6-14(17(19)20)10-13(16)3/h5-10H,1-4H3,(H,19,20). The molecule has 104 valence electrons. The SMILES string of the molecule is Cc1ccc(N(C)c2ccc(C(=O)O)cc2C)c(C)c1. The summed E-state index contributed by atoms with van der Waals surface area (Å²) < 4.78 is 0. The summed E-state index contributed by atoms with van der Waals surface area (Å²) in [4.78, 5) is 13.1. The van der Waals surface area contributed by atoms with Crippen molar-refractivity contribution in [2.45, 2.75) is 20.8 Å². The molecule has 2 aromatic carbocycles. The number of aromatic carboxylic acids is 1. The van der Waals surface area contributed by atoms with Crippen molar-refractivity contribution >= 4 is 17.3 Å². The number of carbonyl (C=O) groups is 1. The molecular formula is C17H19NO2. The van der Waals surface area contributed by atoms with E-state index < -0.39 is 5.97 Å². The van der Waals surface area contributed by atoms with Crippen LogP contribution in [0.25, 0.3) is 0 Å². The Morgan fingerprint density at radius 2 is 1.50 bits per heavy atom. The van der Waals surface area contributed by atoms with Crippen LogP contribution in [0.5, 0.6) is 0 Å². The van der Waals surface area contributed by atoms with Gasteiger partial charge < -0.3 is 10.0 Å². The summed E-state index contributed by atoms with van der Waals surface area (Å²) in [5.74, 6) is -0.895. The summed E-state index contributed by atoms with van der Waals surface area (Å²) in [6.07, 6.45) is 0. The highest BCUT2D eigenvalue weighted by molar-refractivity contribution is 5.89. The van der Waals surface area contributed by atoms with Crippen LogP contribution in [0.4, 0.5) is 11.4 Å². The fraction of sp³-hybridized carbons (Fsp3) is 0.235. The van der Waals surface area contributed by atoms with Crippen molar-refractivity contribution in [2.75, 3.05) is 11.9 Å². The molecule has 0 amide bonds. The van der Waals surface area contributed by atoms with Crippen molar-refractivity contribution in [3.05, 3.63) is 58.7 Å². The Hall–Kier alpha value is -2.29. The smallest absolute Gasteiger partial charge is 0.335 e. The lowest BCUT2D eigenvalue weighted by Gasteiger charge is -2.24. The Morgan fingerprint density at radius 1 is 0.950 bits per heavy atom. The molecule has 3 heteroatoms. The molecule has 1 N–H and O–H groups in total. The quantitative estimate of drug-likeness (QED) is 0.912. The molecule has 0 fully saturated rings. The van der Waals surface area contributed by atoms with E-state index in [1.807, 2.05) is 20.0 Å². The second-order valence-corrected chi connectivity index (χ2v) is 5.16. The van der Waals surface area contributed by atoms with E-state index in [0.717, 1.165) is 16.9 Å². The number of carboxylic acid groups (broad SMARTS) is 1. The average Bonchev–Trinajstić information content (AvgIpc) is 2.37. The number of aryl methyl sites for hydroxylation is 3. The molecule has 0 bridgehead atoms. The molecule has 2 aromatic rings. The van der Waals surface area contributed by atoms with Gasteiger partial charge in [-0.1, -0.05) is 17.7 Å². The molecule has 0 radical (unpaired) electrons. The number of hydrogen-bond acceptors (Lipinski definition) is 2. The van der Waals surface area contributed by atoms with E-state index in [4.69, 9.17) is 5.11 Å². The van der Waals surface area contributed by atoms with Crippen LogP contribution < -0.4 is 4.90 Å². The molecule has 0 saturated heterocycles. The zero-order chi connectivity index (χ0) is 14.9. The lowest BCUT2D eigenvalue weighted by atomic mass is 10.1. The molecule has 0 saturated carbocycles. The van der Waals surface area contributed by atoms with E-state index in [1.54, 1.807) is 12.1 Å². The third-order valence-corrected chi connectivity index (χ3v) is 3.52. The minimum atomic E-state index is -0.895. The topological polar surface area (TPSA) is 40.5 Å². The van der Waals surface area contributed by atoms with Crippen LogP contribution in [-0.4, -0.2) is 18.1 Å². The summed E-state index contributed by atoms with van der Waals surface area (Å²) in [5.41, 5.74) is 5.85. The van der Waals surface area contributed by atoms with Gasteiger partial charge in [-0.15, -0.1) is 0 Å². The third kappa shape index (κ3) is 2.67. The first-order valence-electron chi connectivity index (χ1n) is 6.55. The molecule has 0 aliphatic carbocycles. The minimum absolute atomic E-state index is 0.320. The fourth-order valence-corrected chi connectivity index (χ4v) is 2.48. The molecular weight excluding hydrogens is 250 g/mol. The lowest BCUT2D eigenvalue weighted by molar-refractivity contribution is 0.0697. The van der Waals surface area contributed by atoms with Crippen LogP contribution in [0.15, 0.2) is 36.4 Å². The Labute approximate surface area is 119 Å². The van der Waals surface area contributed by atoms with Gasteiger partial charge in [0.15, 0.2) is 0 Å². The lowest BCUT2D eigenvalue weighted by Crippen LogP contribution is -2.13. The van der Waals surface area contributed by atoms with Gasteiger partial charge >= 0.3 is 5.97 Å².